The van der Waals surface area contributed by atoms with Crippen molar-refractivity contribution < 1.29 is 0 Å². The fraction of sp³-hybridized carbons (Fsp3) is 0.200. The second-order valence-corrected chi connectivity index (χ2v) is 3.83. The molecule has 2 N–H and O–H groups in total. The van der Waals surface area contributed by atoms with Crippen LogP contribution < -0.4 is 5.73 Å². The largest absolute Gasteiger partial charge is 0.326 e. The van der Waals surface area contributed by atoms with Crippen LogP contribution in [0.1, 0.15) is 11.1 Å². The Labute approximate surface area is 86.6 Å². The van der Waals surface area contributed by atoms with Crippen molar-refractivity contribution in [3.05, 3.63) is 34.3 Å². The van der Waals surface area contributed by atoms with Crippen molar-refractivity contribution in [2.45, 2.75) is 13.5 Å². The van der Waals surface area contributed by atoms with E-state index in [-0.39, 0.29) is 0 Å². The van der Waals surface area contributed by atoms with Gasteiger partial charge in [0.15, 0.2) is 5.82 Å². The molecule has 0 aliphatic heterocycles. The van der Waals surface area contributed by atoms with Crippen LogP contribution in [0.15, 0.2) is 23.2 Å². The Morgan fingerprint density at radius 2 is 2.00 bits per heavy atom. The molecule has 0 aliphatic rings. The van der Waals surface area contributed by atoms with Gasteiger partial charge in [-0.3, -0.25) is 0 Å². The van der Waals surface area contributed by atoms with E-state index in [1.807, 2.05) is 0 Å². The van der Waals surface area contributed by atoms with Crippen LogP contribution in [0.3, 0.4) is 0 Å². The predicted molar refractivity (Wildman–Crippen MR) is 58.0 cm³/mol. The van der Waals surface area contributed by atoms with Gasteiger partial charge >= 0.3 is 0 Å². The lowest BCUT2D eigenvalue weighted by molar-refractivity contribution is 1.01. The predicted octanol–water partition coefficient (Wildman–Crippen LogP) is 1.97. The van der Waals surface area contributed by atoms with Gasteiger partial charge in [-0.05, 0) is 17.9 Å². The van der Waals surface area contributed by atoms with Crippen molar-refractivity contribution in [1.29, 1.82) is 0 Å². The molecular formula is C10H11N3S. The molecule has 3 nitrogen and oxygen atoms in total. The lowest BCUT2D eigenvalue weighted by atomic mass is 10.2. The van der Waals surface area contributed by atoms with Gasteiger partial charge in [-0.1, -0.05) is 0 Å². The highest BCUT2D eigenvalue weighted by atomic mass is 32.1. The Hall–Kier alpha value is -1.26. The highest BCUT2D eigenvalue weighted by molar-refractivity contribution is 7.08. The van der Waals surface area contributed by atoms with Gasteiger partial charge in [0.2, 0.25) is 0 Å². The summed E-state index contributed by atoms with van der Waals surface area (Å²) in [6.45, 7) is 2.55. The molecule has 14 heavy (non-hydrogen) atoms. The zero-order chi connectivity index (χ0) is 9.97. The van der Waals surface area contributed by atoms with Crippen LogP contribution >= 0.6 is 11.3 Å². The number of aromatic nitrogens is 2. The van der Waals surface area contributed by atoms with Crippen LogP contribution in [-0.2, 0) is 6.54 Å². The van der Waals surface area contributed by atoms with Crippen LogP contribution in [0.5, 0.6) is 0 Å². The average Bonchev–Trinajstić information content (AvgIpc) is 2.65. The zero-order valence-electron chi connectivity index (χ0n) is 7.90. The second kappa shape index (κ2) is 3.86. The number of hydrogen-bond donors (Lipinski definition) is 1. The Balaban J connectivity index is 2.39. The number of nitrogens with zero attached hydrogens (tertiary/aromatic N) is 2. The Morgan fingerprint density at radius 3 is 2.50 bits per heavy atom. The number of nitrogens with two attached hydrogens (primary N) is 1. The summed E-state index contributed by atoms with van der Waals surface area (Å²) in [7, 11) is 0. The minimum absolute atomic E-state index is 0.489. The van der Waals surface area contributed by atoms with Gasteiger partial charge in [-0.2, -0.15) is 11.3 Å². The van der Waals surface area contributed by atoms with Crippen molar-refractivity contribution in [3.63, 3.8) is 0 Å². The zero-order valence-corrected chi connectivity index (χ0v) is 8.71. The molecule has 0 amide bonds. The molecule has 0 radical (unpaired) electrons. The normalized spacial score (nSPS) is 10.4. The van der Waals surface area contributed by atoms with Gasteiger partial charge < -0.3 is 5.73 Å². The van der Waals surface area contributed by atoms with Crippen molar-refractivity contribution in [2.75, 3.05) is 0 Å². The summed E-state index contributed by atoms with van der Waals surface area (Å²) in [5.41, 5.74) is 8.76. The first-order chi connectivity index (χ1) is 6.81. The lowest BCUT2D eigenvalue weighted by Gasteiger charge is -1.99. The monoisotopic (exact) mass is 205 g/mol. The van der Waals surface area contributed by atoms with Crippen LogP contribution in [0, 0.1) is 6.92 Å². The van der Waals surface area contributed by atoms with E-state index in [0.29, 0.717) is 6.54 Å². The molecule has 0 aliphatic carbocycles. The third kappa shape index (κ3) is 1.66. The molecule has 0 saturated carbocycles. The molecule has 4 heteroatoms. The van der Waals surface area contributed by atoms with Crippen LogP contribution in [0.4, 0.5) is 0 Å². The van der Waals surface area contributed by atoms with Crippen molar-refractivity contribution >= 4 is 11.3 Å². The van der Waals surface area contributed by atoms with Gasteiger partial charge in [0.05, 0.1) is 0 Å². The van der Waals surface area contributed by atoms with E-state index in [2.05, 4.69) is 27.7 Å². The van der Waals surface area contributed by atoms with Crippen molar-refractivity contribution in [2.24, 2.45) is 5.73 Å². The minimum atomic E-state index is 0.489. The number of rotatable bonds is 2. The van der Waals surface area contributed by atoms with Crippen LogP contribution in [0.25, 0.3) is 11.4 Å². The SMILES string of the molecule is Cc1cscc1-c1ncc(CN)cn1. The summed E-state index contributed by atoms with van der Waals surface area (Å²) in [6.07, 6.45) is 3.55. The molecule has 72 valence electrons. The van der Waals surface area contributed by atoms with Gasteiger partial charge in [0.1, 0.15) is 0 Å². The molecule has 0 saturated heterocycles. The summed E-state index contributed by atoms with van der Waals surface area (Å²) < 4.78 is 0. The summed E-state index contributed by atoms with van der Waals surface area (Å²) in [4.78, 5) is 8.54. The first-order valence-electron chi connectivity index (χ1n) is 4.35. The van der Waals surface area contributed by atoms with Gasteiger partial charge in [-0.25, -0.2) is 9.97 Å². The smallest absolute Gasteiger partial charge is 0.160 e. The number of aryl methyl sites for hydroxylation is 1. The van der Waals surface area contributed by atoms with Crippen LogP contribution in [-0.4, -0.2) is 9.97 Å². The molecule has 2 aromatic heterocycles. The Kier molecular flexibility index (Phi) is 2.56. The van der Waals surface area contributed by atoms with E-state index in [1.54, 1.807) is 23.7 Å². The maximum atomic E-state index is 5.47. The molecule has 2 rings (SSSR count). The number of hydrogen-bond acceptors (Lipinski definition) is 4. The Bertz CT molecular complexity index is 419. The summed E-state index contributed by atoms with van der Waals surface area (Å²) >= 11 is 1.67. The molecule has 2 heterocycles. The standard InChI is InChI=1S/C10H11N3S/c1-7-5-14-6-9(7)10-12-3-8(2-11)4-13-10/h3-6H,2,11H2,1H3. The molecule has 0 unspecified atom stereocenters. The van der Waals surface area contributed by atoms with E-state index in [1.165, 1.54) is 5.56 Å². The molecule has 0 fully saturated rings. The summed E-state index contributed by atoms with van der Waals surface area (Å²) in [5.74, 6) is 0.779. The van der Waals surface area contributed by atoms with E-state index < -0.39 is 0 Å². The first kappa shape index (κ1) is 9.30. The van der Waals surface area contributed by atoms with Crippen molar-refractivity contribution in [3.8, 4) is 11.4 Å². The highest BCUT2D eigenvalue weighted by Crippen LogP contribution is 2.22. The quantitative estimate of drug-likeness (QED) is 0.815. The molecule has 0 aromatic carbocycles. The van der Waals surface area contributed by atoms with E-state index in [0.717, 1.165) is 17.0 Å². The molecule has 0 bridgehead atoms. The summed E-state index contributed by atoms with van der Waals surface area (Å²) in [6, 6.07) is 0. The second-order valence-electron chi connectivity index (χ2n) is 3.09. The van der Waals surface area contributed by atoms with E-state index in [9.17, 15) is 0 Å². The first-order valence-corrected chi connectivity index (χ1v) is 5.29. The topological polar surface area (TPSA) is 51.8 Å². The molecular weight excluding hydrogens is 194 g/mol. The van der Waals surface area contributed by atoms with Gasteiger partial charge in [0.25, 0.3) is 0 Å². The van der Waals surface area contributed by atoms with E-state index in [4.69, 9.17) is 5.73 Å². The lowest BCUT2D eigenvalue weighted by Crippen LogP contribution is -1.98. The van der Waals surface area contributed by atoms with Gasteiger partial charge in [0, 0.05) is 35.4 Å². The fourth-order valence-corrected chi connectivity index (χ4v) is 2.02. The minimum Gasteiger partial charge on any atom is -0.326 e. The maximum Gasteiger partial charge on any atom is 0.160 e. The summed E-state index contributed by atoms with van der Waals surface area (Å²) in [5, 5.41) is 4.16. The van der Waals surface area contributed by atoms with E-state index >= 15 is 0 Å². The van der Waals surface area contributed by atoms with Crippen LogP contribution in [0.2, 0.25) is 0 Å². The molecule has 2 aromatic rings. The Morgan fingerprint density at radius 1 is 1.29 bits per heavy atom. The average molecular weight is 205 g/mol. The van der Waals surface area contributed by atoms with Gasteiger partial charge in [-0.15, -0.1) is 0 Å². The fourth-order valence-electron chi connectivity index (χ4n) is 1.19. The third-order valence-electron chi connectivity index (χ3n) is 2.04. The third-order valence-corrected chi connectivity index (χ3v) is 2.90. The number of thiophene rings is 1. The molecule has 0 spiro atoms. The molecule has 0 atom stereocenters. The van der Waals surface area contributed by atoms with Crippen molar-refractivity contribution in [1.82, 2.24) is 9.97 Å². The highest BCUT2D eigenvalue weighted by Gasteiger charge is 2.04. The maximum absolute atomic E-state index is 5.47.